The highest BCUT2D eigenvalue weighted by atomic mass is 32.2. The van der Waals surface area contributed by atoms with E-state index in [1.807, 2.05) is 24.3 Å². The van der Waals surface area contributed by atoms with Crippen LogP contribution in [-0.4, -0.2) is 19.7 Å². The zero-order chi connectivity index (χ0) is 14.1. The van der Waals surface area contributed by atoms with E-state index in [9.17, 15) is 10.1 Å². The van der Waals surface area contributed by atoms with Crippen LogP contribution in [-0.2, 0) is 7.05 Å². The number of hydrogen-bond donors (Lipinski definition) is 1. The highest BCUT2D eigenvalue weighted by Gasteiger charge is 2.13. The molecule has 1 N–H and O–H groups in total. The van der Waals surface area contributed by atoms with E-state index in [2.05, 4.69) is 21.3 Å². The molecule has 0 fully saturated rings. The summed E-state index contributed by atoms with van der Waals surface area (Å²) in [5.74, 6) is 0. The van der Waals surface area contributed by atoms with Crippen LogP contribution in [0.2, 0.25) is 0 Å². The van der Waals surface area contributed by atoms with Crippen LogP contribution >= 0.6 is 11.8 Å². The standard InChI is InChI=1S/C13H9N5OS/c1-18-12(19)16-17-13(18)20-11-8(6-14)7-15-10-5-3-2-4-9(10)11/h2-5,7H,1H3,(H,16,19). The molecule has 0 unspecified atom stereocenters. The number of nitrogens with one attached hydrogen (secondary N) is 1. The molecule has 0 aliphatic rings. The Morgan fingerprint density at radius 1 is 1.40 bits per heavy atom. The van der Waals surface area contributed by atoms with Crippen LogP contribution in [0.5, 0.6) is 0 Å². The van der Waals surface area contributed by atoms with E-state index in [-0.39, 0.29) is 5.69 Å². The van der Waals surface area contributed by atoms with E-state index in [4.69, 9.17) is 0 Å². The van der Waals surface area contributed by atoms with E-state index in [1.165, 1.54) is 22.5 Å². The molecule has 98 valence electrons. The summed E-state index contributed by atoms with van der Waals surface area (Å²) in [5, 5.41) is 16.9. The minimum atomic E-state index is -0.288. The van der Waals surface area contributed by atoms with E-state index < -0.39 is 0 Å². The van der Waals surface area contributed by atoms with Crippen LogP contribution < -0.4 is 5.69 Å². The summed E-state index contributed by atoms with van der Waals surface area (Å²) in [6, 6.07) is 9.68. The highest BCUT2D eigenvalue weighted by molar-refractivity contribution is 7.99. The number of aromatic amines is 1. The SMILES string of the molecule is Cn1c(Sc2c(C#N)cnc3ccccc23)n[nH]c1=O. The quantitative estimate of drug-likeness (QED) is 0.773. The van der Waals surface area contributed by atoms with Crippen molar-refractivity contribution in [1.82, 2.24) is 19.7 Å². The van der Waals surface area contributed by atoms with Crippen molar-refractivity contribution >= 4 is 22.7 Å². The Labute approximate surface area is 118 Å². The fraction of sp³-hybridized carbons (Fsp3) is 0.0769. The molecular weight excluding hydrogens is 274 g/mol. The van der Waals surface area contributed by atoms with Gasteiger partial charge in [-0.3, -0.25) is 9.55 Å². The van der Waals surface area contributed by atoms with Gasteiger partial charge in [-0.1, -0.05) is 18.2 Å². The first-order valence-electron chi connectivity index (χ1n) is 5.78. The van der Waals surface area contributed by atoms with Gasteiger partial charge in [0.2, 0.25) is 0 Å². The fourth-order valence-electron chi connectivity index (χ4n) is 1.82. The number of H-pyrrole nitrogens is 1. The maximum absolute atomic E-state index is 11.4. The molecule has 2 heterocycles. The fourth-order valence-corrected chi connectivity index (χ4v) is 2.81. The number of aromatic nitrogens is 4. The Morgan fingerprint density at radius 2 is 2.20 bits per heavy atom. The van der Waals surface area contributed by atoms with E-state index >= 15 is 0 Å². The van der Waals surface area contributed by atoms with Gasteiger partial charge in [0.15, 0.2) is 5.16 Å². The van der Waals surface area contributed by atoms with Crippen LogP contribution in [0.3, 0.4) is 0 Å². The lowest BCUT2D eigenvalue weighted by atomic mass is 10.2. The monoisotopic (exact) mass is 283 g/mol. The summed E-state index contributed by atoms with van der Waals surface area (Å²) in [4.78, 5) is 16.4. The average Bonchev–Trinajstić information content (AvgIpc) is 2.79. The molecule has 2 aromatic heterocycles. The van der Waals surface area contributed by atoms with Gasteiger partial charge in [0.05, 0.1) is 11.1 Å². The third kappa shape index (κ3) is 1.96. The zero-order valence-corrected chi connectivity index (χ0v) is 11.3. The van der Waals surface area contributed by atoms with Crippen molar-refractivity contribution in [2.45, 2.75) is 10.1 Å². The number of nitrogens with zero attached hydrogens (tertiary/aromatic N) is 4. The second-order valence-electron chi connectivity index (χ2n) is 4.10. The Balaban J connectivity index is 2.22. The summed E-state index contributed by atoms with van der Waals surface area (Å²) in [6.07, 6.45) is 1.54. The van der Waals surface area contributed by atoms with Gasteiger partial charge in [-0.25, -0.2) is 9.89 Å². The van der Waals surface area contributed by atoms with Crippen molar-refractivity contribution in [3.8, 4) is 6.07 Å². The van der Waals surface area contributed by atoms with Gasteiger partial charge in [-0.2, -0.15) is 5.26 Å². The maximum Gasteiger partial charge on any atom is 0.343 e. The van der Waals surface area contributed by atoms with Gasteiger partial charge < -0.3 is 0 Å². The van der Waals surface area contributed by atoms with Gasteiger partial charge in [0.1, 0.15) is 6.07 Å². The topological polar surface area (TPSA) is 87.4 Å². The smallest absolute Gasteiger partial charge is 0.273 e. The third-order valence-corrected chi connectivity index (χ3v) is 4.07. The summed E-state index contributed by atoms with van der Waals surface area (Å²) < 4.78 is 1.40. The van der Waals surface area contributed by atoms with Gasteiger partial charge >= 0.3 is 5.69 Å². The van der Waals surface area contributed by atoms with Crippen LogP contribution in [0.1, 0.15) is 5.56 Å². The molecule has 0 bridgehead atoms. The molecule has 1 aromatic carbocycles. The maximum atomic E-state index is 11.4. The second kappa shape index (κ2) is 4.83. The van der Waals surface area contributed by atoms with Crippen molar-refractivity contribution in [2.75, 3.05) is 0 Å². The lowest BCUT2D eigenvalue weighted by Gasteiger charge is -2.06. The zero-order valence-electron chi connectivity index (χ0n) is 10.5. The predicted molar refractivity (Wildman–Crippen MR) is 74.4 cm³/mol. The molecular formula is C13H9N5OS. The molecule has 0 aliphatic carbocycles. The van der Waals surface area contributed by atoms with Crippen molar-refractivity contribution in [2.24, 2.45) is 7.05 Å². The molecule has 0 radical (unpaired) electrons. The first kappa shape index (κ1) is 12.4. The first-order valence-corrected chi connectivity index (χ1v) is 6.59. The molecule has 3 aromatic rings. The molecule has 0 aliphatic heterocycles. The number of para-hydroxylation sites is 1. The molecule has 3 rings (SSSR count). The van der Waals surface area contributed by atoms with Crippen LogP contribution in [0, 0.1) is 11.3 Å². The lowest BCUT2D eigenvalue weighted by molar-refractivity contribution is 0.766. The molecule has 0 saturated heterocycles. The number of nitriles is 1. The average molecular weight is 283 g/mol. The summed E-state index contributed by atoms with van der Waals surface area (Å²) >= 11 is 1.27. The molecule has 0 spiro atoms. The van der Waals surface area contributed by atoms with Crippen LogP contribution in [0.15, 0.2) is 45.3 Å². The largest absolute Gasteiger partial charge is 0.343 e. The minimum absolute atomic E-state index is 0.288. The second-order valence-corrected chi connectivity index (χ2v) is 5.08. The van der Waals surface area contributed by atoms with Crippen molar-refractivity contribution in [3.63, 3.8) is 0 Å². The van der Waals surface area contributed by atoms with Crippen LogP contribution in [0.25, 0.3) is 10.9 Å². The molecule has 7 heteroatoms. The normalized spacial score (nSPS) is 10.6. The Morgan fingerprint density at radius 3 is 2.90 bits per heavy atom. The lowest BCUT2D eigenvalue weighted by Crippen LogP contribution is -2.12. The van der Waals surface area contributed by atoms with Crippen molar-refractivity contribution in [3.05, 3.63) is 46.5 Å². The third-order valence-electron chi connectivity index (χ3n) is 2.88. The molecule has 20 heavy (non-hydrogen) atoms. The van der Waals surface area contributed by atoms with E-state index in [0.29, 0.717) is 10.7 Å². The van der Waals surface area contributed by atoms with E-state index in [1.54, 1.807) is 7.05 Å². The van der Waals surface area contributed by atoms with Crippen LogP contribution in [0.4, 0.5) is 0 Å². The number of pyridine rings is 1. The van der Waals surface area contributed by atoms with Gasteiger partial charge in [-0.05, 0) is 17.8 Å². The summed E-state index contributed by atoms with van der Waals surface area (Å²) in [5.41, 5.74) is 0.975. The van der Waals surface area contributed by atoms with Gasteiger partial charge in [0, 0.05) is 23.5 Å². The van der Waals surface area contributed by atoms with Crippen molar-refractivity contribution < 1.29 is 0 Å². The van der Waals surface area contributed by atoms with Crippen molar-refractivity contribution in [1.29, 1.82) is 5.26 Å². The van der Waals surface area contributed by atoms with Gasteiger partial charge in [-0.15, -0.1) is 5.10 Å². The summed E-state index contributed by atoms with van der Waals surface area (Å²) in [7, 11) is 1.63. The predicted octanol–water partition coefficient (Wildman–Crippen LogP) is 1.68. The molecule has 0 atom stereocenters. The molecule has 0 saturated carbocycles. The number of fused-ring (bicyclic) bond motifs is 1. The number of benzene rings is 1. The van der Waals surface area contributed by atoms with Gasteiger partial charge in [0.25, 0.3) is 0 Å². The Bertz CT molecular complexity index is 890. The highest BCUT2D eigenvalue weighted by Crippen LogP contribution is 2.33. The molecule has 0 amide bonds. The summed E-state index contributed by atoms with van der Waals surface area (Å²) in [6.45, 7) is 0. The first-order chi connectivity index (χ1) is 9.70. The number of hydrogen-bond acceptors (Lipinski definition) is 5. The minimum Gasteiger partial charge on any atom is -0.273 e. The Kier molecular flexibility index (Phi) is 3.00. The molecule has 6 nitrogen and oxygen atoms in total. The van der Waals surface area contributed by atoms with E-state index in [0.717, 1.165) is 15.8 Å². The number of rotatable bonds is 2. The Hall–Kier alpha value is -2.59.